The summed E-state index contributed by atoms with van der Waals surface area (Å²) in [6.45, 7) is 17.7. The second-order valence-electron chi connectivity index (χ2n) is 9.91. The summed E-state index contributed by atoms with van der Waals surface area (Å²) in [4.78, 5) is 0. The van der Waals surface area contributed by atoms with Crippen molar-refractivity contribution in [3.8, 4) is 11.5 Å². The van der Waals surface area contributed by atoms with E-state index in [1.807, 2.05) is 52.0 Å². The first-order valence-electron chi connectivity index (χ1n) is 12.5. The van der Waals surface area contributed by atoms with Crippen molar-refractivity contribution in [2.75, 3.05) is 13.2 Å². The summed E-state index contributed by atoms with van der Waals surface area (Å²) in [5, 5.41) is 1.61. The molecular formula is C32H43Cl2FO2. The summed E-state index contributed by atoms with van der Waals surface area (Å²) < 4.78 is 24.0. The van der Waals surface area contributed by atoms with E-state index in [0.29, 0.717) is 35.8 Å². The van der Waals surface area contributed by atoms with E-state index in [0.717, 1.165) is 33.0 Å². The van der Waals surface area contributed by atoms with Crippen molar-refractivity contribution in [3.63, 3.8) is 0 Å². The lowest BCUT2D eigenvalue weighted by molar-refractivity contribution is 0.171. The van der Waals surface area contributed by atoms with Gasteiger partial charge in [-0.25, -0.2) is 4.39 Å². The minimum absolute atomic E-state index is 0. The van der Waals surface area contributed by atoms with Gasteiger partial charge in [0.15, 0.2) is 11.5 Å². The van der Waals surface area contributed by atoms with Gasteiger partial charge in [0.25, 0.3) is 0 Å². The van der Waals surface area contributed by atoms with Gasteiger partial charge in [-0.05, 0) is 71.6 Å². The van der Waals surface area contributed by atoms with Crippen molar-refractivity contribution >= 4 is 23.2 Å². The topological polar surface area (TPSA) is 18.5 Å². The van der Waals surface area contributed by atoms with Gasteiger partial charge >= 0.3 is 0 Å². The molecule has 0 N–H and O–H groups in total. The Bertz CT molecular complexity index is 1120. The second kappa shape index (κ2) is 15.2. The Morgan fingerprint density at radius 2 is 1.22 bits per heavy atom. The summed E-state index contributed by atoms with van der Waals surface area (Å²) in [6, 6.07) is 15.3. The van der Waals surface area contributed by atoms with Crippen LogP contribution in [0.5, 0.6) is 11.5 Å². The monoisotopic (exact) mass is 548 g/mol. The van der Waals surface area contributed by atoms with Crippen LogP contribution in [0.3, 0.4) is 0 Å². The fourth-order valence-electron chi connectivity index (χ4n) is 4.03. The first-order chi connectivity index (χ1) is 17.0. The third-order valence-corrected chi connectivity index (χ3v) is 6.90. The molecule has 0 spiro atoms. The second-order valence-corrected chi connectivity index (χ2v) is 10.7. The molecule has 0 saturated heterocycles. The number of hydrogen-bond acceptors (Lipinski definition) is 2. The molecule has 2 nitrogen and oxygen atoms in total. The van der Waals surface area contributed by atoms with Crippen LogP contribution in [0.25, 0.3) is 0 Å². The Kier molecular flexibility index (Phi) is 13.5. The lowest BCUT2D eigenvalue weighted by Gasteiger charge is -2.21. The van der Waals surface area contributed by atoms with Crippen molar-refractivity contribution < 1.29 is 13.9 Å². The van der Waals surface area contributed by atoms with Gasteiger partial charge in [-0.1, -0.05) is 109 Å². The first kappa shape index (κ1) is 32.8. The highest BCUT2D eigenvalue weighted by atomic mass is 35.5. The molecule has 0 fully saturated rings. The third-order valence-electron chi connectivity index (χ3n) is 5.99. The SMILES string of the molecule is C.CC(C)c1ccc2c(c1Cl)OCCO2.Cc1cccc(C(C)C)c1Cl.Cc1cccc(F)c1C(C)C. The maximum absolute atomic E-state index is 13.1. The molecule has 1 aliphatic heterocycles. The number of ether oxygens (including phenoxy) is 2. The van der Waals surface area contributed by atoms with Crippen LogP contribution >= 0.6 is 23.2 Å². The zero-order valence-corrected chi connectivity index (χ0v) is 24.2. The van der Waals surface area contributed by atoms with Gasteiger partial charge in [0, 0.05) is 5.02 Å². The van der Waals surface area contributed by atoms with Gasteiger partial charge in [-0.2, -0.15) is 0 Å². The Labute approximate surface area is 234 Å². The lowest BCUT2D eigenvalue weighted by atomic mass is 9.98. The quantitative estimate of drug-likeness (QED) is 0.324. The molecule has 3 aromatic rings. The Balaban J connectivity index is 0.000000277. The molecule has 1 heterocycles. The zero-order chi connectivity index (χ0) is 27.0. The Morgan fingerprint density at radius 1 is 0.676 bits per heavy atom. The molecular weight excluding hydrogens is 506 g/mol. The number of benzene rings is 3. The summed E-state index contributed by atoms with van der Waals surface area (Å²) in [5.41, 5.74) is 5.40. The van der Waals surface area contributed by atoms with Gasteiger partial charge in [0.2, 0.25) is 0 Å². The molecule has 204 valence electrons. The van der Waals surface area contributed by atoms with Crippen LogP contribution in [-0.2, 0) is 0 Å². The van der Waals surface area contributed by atoms with E-state index in [1.54, 1.807) is 6.07 Å². The molecule has 3 aromatic carbocycles. The number of halogens is 3. The average molecular weight is 550 g/mol. The number of aryl methyl sites for hydroxylation is 2. The van der Waals surface area contributed by atoms with Gasteiger partial charge in [0.1, 0.15) is 19.0 Å². The lowest BCUT2D eigenvalue weighted by Crippen LogP contribution is -2.16. The van der Waals surface area contributed by atoms with Crippen LogP contribution in [0.15, 0.2) is 48.5 Å². The van der Waals surface area contributed by atoms with Crippen molar-refractivity contribution in [2.24, 2.45) is 0 Å². The van der Waals surface area contributed by atoms with Crippen LogP contribution < -0.4 is 9.47 Å². The molecule has 0 aliphatic carbocycles. The number of fused-ring (bicyclic) bond motifs is 1. The summed E-state index contributed by atoms with van der Waals surface area (Å²) in [7, 11) is 0. The first-order valence-corrected chi connectivity index (χ1v) is 13.3. The van der Waals surface area contributed by atoms with Crippen LogP contribution in [-0.4, -0.2) is 13.2 Å². The maximum atomic E-state index is 13.1. The maximum Gasteiger partial charge on any atom is 0.180 e. The molecule has 0 saturated carbocycles. The van der Waals surface area contributed by atoms with E-state index in [9.17, 15) is 4.39 Å². The van der Waals surface area contributed by atoms with E-state index in [2.05, 4.69) is 39.8 Å². The molecule has 5 heteroatoms. The third kappa shape index (κ3) is 8.93. The molecule has 0 atom stereocenters. The van der Waals surface area contributed by atoms with E-state index in [1.165, 1.54) is 11.6 Å². The van der Waals surface area contributed by atoms with Crippen LogP contribution in [0.1, 0.15) is 94.5 Å². The van der Waals surface area contributed by atoms with Crippen molar-refractivity contribution in [3.05, 3.63) is 92.2 Å². The fourth-order valence-corrected chi connectivity index (χ4v) is 4.81. The fraction of sp³-hybridized carbons (Fsp3) is 0.438. The zero-order valence-electron chi connectivity index (χ0n) is 22.7. The van der Waals surface area contributed by atoms with Gasteiger partial charge < -0.3 is 9.47 Å². The molecule has 4 rings (SSSR count). The van der Waals surface area contributed by atoms with Crippen LogP contribution in [0.2, 0.25) is 10.0 Å². The van der Waals surface area contributed by atoms with Crippen molar-refractivity contribution in [2.45, 2.75) is 80.6 Å². The molecule has 0 bridgehead atoms. The summed E-state index contributed by atoms with van der Waals surface area (Å²) >= 11 is 12.3. The highest BCUT2D eigenvalue weighted by Crippen LogP contribution is 2.41. The van der Waals surface area contributed by atoms with E-state index in [-0.39, 0.29) is 19.2 Å². The smallest absolute Gasteiger partial charge is 0.180 e. The molecule has 0 aromatic heterocycles. The molecule has 0 unspecified atom stereocenters. The van der Waals surface area contributed by atoms with E-state index in [4.69, 9.17) is 32.7 Å². The molecule has 0 radical (unpaired) electrons. The highest BCUT2D eigenvalue weighted by molar-refractivity contribution is 6.33. The van der Waals surface area contributed by atoms with Crippen molar-refractivity contribution in [1.82, 2.24) is 0 Å². The normalized spacial score (nSPS) is 11.8. The number of rotatable bonds is 3. The van der Waals surface area contributed by atoms with Crippen LogP contribution in [0, 0.1) is 19.7 Å². The van der Waals surface area contributed by atoms with E-state index < -0.39 is 0 Å². The molecule has 1 aliphatic rings. The molecule has 0 amide bonds. The van der Waals surface area contributed by atoms with Crippen LogP contribution in [0.4, 0.5) is 4.39 Å². The predicted octanol–water partition coefficient (Wildman–Crippen LogP) is 10.9. The van der Waals surface area contributed by atoms with Gasteiger partial charge in [0.05, 0.1) is 5.02 Å². The predicted molar refractivity (Wildman–Crippen MR) is 159 cm³/mol. The van der Waals surface area contributed by atoms with Gasteiger partial charge in [-0.3, -0.25) is 0 Å². The highest BCUT2D eigenvalue weighted by Gasteiger charge is 2.19. The summed E-state index contributed by atoms with van der Waals surface area (Å²) in [6.07, 6.45) is 0. The Hall–Kier alpha value is -2.23. The number of hydrogen-bond donors (Lipinski definition) is 0. The standard InChI is InChI=1S/C11H13ClO2.C10H13Cl.C10H13F.CH4/c1-7(2)8-3-4-9-11(10(8)12)14-6-5-13-9;1-7(2)9-6-4-5-8(3)10(9)11;1-7(2)10-8(3)5-4-6-9(10)11;/h3-4,7H,5-6H2,1-2H3;2*4-7H,1-3H3;1H4. The Morgan fingerprint density at radius 3 is 1.73 bits per heavy atom. The summed E-state index contributed by atoms with van der Waals surface area (Å²) in [5.74, 6) is 2.56. The minimum Gasteiger partial charge on any atom is -0.486 e. The van der Waals surface area contributed by atoms with Gasteiger partial charge in [-0.15, -0.1) is 0 Å². The minimum atomic E-state index is -0.0833. The van der Waals surface area contributed by atoms with Crippen molar-refractivity contribution in [1.29, 1.82) is 0 Å². The van der Waals surface area contributed by atoms with E-state index >= 15 is 0 Å². The largest absolute Gasteiger partial charge is 0.486 e. The average Bonchev–Trinajstić information content (AvgIpc) is 2.81. The molecule has 37 heavy (non-hydrogen) atoms.